The first-order valence-corrected chi connectivity index (χ1v) is 39.3. The molecule has 1 aromatic carbocycles. The van der Waals surface area contributed by atoms with E-state index in [9.17, 15) is 117 Å². The number of nitrogens with one attached hydrogen (secondary N) is 14. The summed E-state index contributed by atoms with van der Waals surface area (Å²) in [6.45, 7) is 13.6. The lowest BCUT2D eigenvalue weighted by Gasteiger charge is -2.30. The SMILES string of the molecule is CC[C@H](C)[C@H](NC(=O)[C@H](CO)NC(=O)[C@H](CO)NC(=O)[C@@H](NC(=O)[C@H](CCCCN)NC(=O)[C@H](CCCCN)NC(=O)[C@H](CCC(=O)O)NC(=O)[C@H](CO)NC(=O)[C@H](CC(C)C)NC(=O)[C@H](CC(C)C)NC(=O)[C@@H](NC(=O)[C@H](Cc1ccc(O)cc1)NC(=O)[C@H](C)N)C(C)C)[C@@H](C)CC)C(=O)N[C@@H](CCC(N)=O)C(=O)N[C@@H](CO)C(=O)O. The van der Waals surface area contributed by atoms with Crippen LogP contribution in [0.1, 0.15) is 172 Å². The van der Waals surface area contributed by atoms with E-state index in [1.807, 2.05) is 5.32 Å². The minimum Gasteiger partial charge on any atom is -0.508 e. The topological polar surface area (TPSA) is 704 Å². The first-order valence-electron chi connectivity index (χ1n) is 39.3. The maximum absolute atomic E-state index is 14.6. The van der Waals surface area contributed by atoms with Crippen LogP contribution >= 0.6 is 0 Å². The van der Waals surface area contributed by atoms with Crippen LogP contribution in [0, 0.1) is 29.6 Å². The molecule has 0 saturated heterocycles. The maximum Gasteiger partial charge on any atom is 0.328 e. The van der Waals surface area contributed by atoms with Gasteiger partial charge in [-0.3, -0.25) is 76.7 Å². The molecule has 42 heteroatoms. The zero-order chi connectivity index (χ0) is 89.1. The fourth-order valence-electron chi connectivity index (χ4n) is 11.6. The molecule has 0 fully saturated rings. The standard InChI is InChI=1S/C75H128N18O24/c1-12-40(9)59(73(114)83-47(24-26-56(79)99)64(105)90-55(36-97)75(116)117)93-71(112)54(35-96)88-70(111)53(34-95)89-74(115)60(41(10)13-2)92-65(106)46(19-15-17-29-77)81-62(103)45(18-14-16-28-76)80-63(104)48(25-27-57(100)101)82-69(110)52(33-94)87-67(108)49(30-37(3)4)85-66(107)50(31-38(5)6)86-72(113)58(39(7)8)91-68(109)51(84-61(102)42(11)78)32-43-20-22-44(98)23-21-43/h20-23,37-42,45-55,58-60,94-98H,12-19,24-36,76-78H2,1-11H3,(H2,79,99)(H,80,104)(H,81,103)(H,82,110)(H,83,114)(H,84,102)(H,85,107)(H,86,113)(H,87,108)(H,88,111)(H,89,115)(H,90,105)(H,91,109)(H,92,106)(H,93,112)(H,100,101)(H,116,117)/t40-,41-,42-,45-,46-,47-,48-,49-,50-,51-,52-,53-,54-,55-,58-,59-,60-/m0/s1. The molecular weight excluding hydrogens is 1540 g/mol. The normalized spacial score (nSPS) is 15.7. The number of carbonyl (C=O) groups is 17. The summed E-state index contributed by atoms with van der Waals surface area (Å²) >= 11 is 0. The second-order valence-electron chi connectivity index (χ2n) is 30.1. The minimum absolute atomic E-state index is 0.00525. The Kier molecular flexibility index (Phi) is 48.9. The van der Waals surface area contributed by atoms with Crippen molar-refractivity contribution < 1.29 is 117 Å². The number of aliphatic hydroxyl groups is 4. The van der Waals surface area contributed by atoms with Gasteiger partial charge in [-0.1, -0.05) is 94.2 Å². The van der Waals surface area contributed by atoms with Crippen LogP contribution in [0.3, 0.4) is 0 Å². The molecule has 0 radical (unpaired) electrons. The molecule has 1 aromatic rings. The fraction of sp³-hybridized carbons (Fsp3) is 0.693. The Labute approximate surface area is 680 Å². The van der Waals surface area contributed by atoms with E-state index in [0.717, 1.165) is 0 Å². The molecule has 117 heavy (non-hydrogen) atoms. The number of nitrogens with two attached hydrogens (primary N) is 4. The number of unbranched alkanes of at least 4 members (excludes halogenated alkanes) is 2. The molecule has 0 heterocycles. The van der Waals surface area contributed by atoms with Crippen LogP contribution in [0.15, 0.2) is 24.3 Å². The molecule has 662 valence electrons. The van der Waals surface area contributed by atoms with E-state index >= 15 is 0 Å². The largest absolute Gasteiger partial charge is 0.508 e. The second-order valence-corrected chi connectivity index (χ2v) is 30.1. The molecule has 0 aliphatic heterocycles. The number of phenolic OH excluding ortho intramolecular Hbond substituents is 1. The van der Waals surface area contributed by atoms with Crippen LogP contribution in [0.2, 0.25) is 0 Å². The van der Waals surface area contributed by atoms with E-state index in [1.165, 1.54) is 45.0 Å². The average molecular weight is 1670 g/mol. The van der Waals surface area contributed by atoms with Gasteiger partial charge < -0.3 is 133 Å². The Bertz CT molecular complexity index is 3440. The highest BCUT2D eigenvalue weighted by molar-refractivity contribution is 6.01. The Morgan fingerprint density at radius 2 is 0.641 bits per heavy atom. The van der Waals surface area contributed by atoms with Crippen molar-refractivity contribution in [2.45, 2.75) is 263 Å². The van der Waals surface area contributed by atoms with Gasteiger partial charge in [0, 0.05) is 19.3 Å². The smallest absolute Gasteiger partial charge is 0.328 e. The Morgan fingerprint density at radius 3 is 0.991 bits per heavy atom. The number of aliphatic hydroxyl groups excluding tert-OH is 4. The zero-order valence-corrected chi connectivity index (χ0v) is 68.6. The summed E-state index contributed by atoms with van der Waals surface area (Å²) < 4.78 is 0. The van der Waals surface area contributed by atoms with Crippen LogP contribution < -0.4 is 97.4 Å². The van der Waals surface area contributed by atoms with Crippen molar-refractivity contribution in [3.05, 3.63) is 29.8 Å². The molecule has 29 N–H and O–H groups in total. The van der Waals surface area contributed by atoms with Crippen molar-refractivity contribution in [3.8, 4) is 5.75 Å². The van der Waals surface area contributed by atoms with Crippen molar-refractivity contribution in [2.75, 3.05) is 39.5 Å². The molecule has 0 aliphatic rings. The van der Waals surface area contributed by atoms with E-state index in [4.69, 9.17) is 22.9 Å². The lowest BCUT2D eigenvalue weighted by Crippen LogP contribution is -2.62. The molecule has 0 aliphatic carbocycles. The summed E-state index contributed by atoms with van der Waals surface area (Å²) in [5.41, 5.74) is 23.2. The molecule has 42 nitrogen and oxygen atoms in total. The Morgan fingerprint density at radius 1 is 0.350 bits per heavy atom. The number of carbonyl (C=O) groups excluding carboxylic acids is 15. The van der Waals surface area contributed by atoms with E-state index in [2.05, 4.69) is 69.1 Å². The van der Waals surface area contributed by atoms with Crippen molar-refractivity contribution in [2.24, 2.45) is 52.5 Å². The highest BCUT2D eigenvalue weighted by Crippen LogP contribution is 2.18. The highest BCUT2D eigenvalue weighted by atomic mass is 16.4. The van der Waals surface area contributed by atoms with Gasteiger partial charge in [-0.05, 0) is 132 Å². The third kappa shape index (κ3) is 38.6. The van der Waals surface area contributed by atoms with Crippen molar-refractivity contribution in [1.29, 1.82) is 0 Å². The lowest BCUT2D eigenvalue weighted by atomic mass is 9.96. The third-order valence-electron chi connectivity index (χ3n) is 18.9. The number of aromatic hydroxyl groups is 1. The van der Waals surface area contributed by atoms with Gasteiger partial charge in [0.2, 0.25) is 88.6 Å². The van der Waals surface area contributed by atoms with E-state index in [1.54, 1.807) is 55.4 Å². The molecule has 15 amide bonds. The van der Waals surface area contributed by atoms with Crippen molar-refractivity contribution >= 4 is 101 Å². The van der Waals surface area contributed by atoms with E-state index in [0.29, 0.717) is 12.0 Å². The summed E-state index contributed by atoms with van der Waals surface area (Å²) in [5, 5.41) is 104. The Balaban J connectivity index is 3.60. The van der Waals surface area contributed by atoms with Crippen LogP contribution in [0.25, 0.3) is 0 Å². The highest BCUT2D eigenvalue weighted by Gasteiger charge is 2.40. The summed E-state index contributed by atoms with van der Waals surface area (Å²) in [5.74, 6) is -21.0. The maximum atomic E-state index is 14.6. The van der Waals surface area contributed by atoms with Gasteiger partial charge in [-0.25, -0.2) is 4.79 Å². The third-order valence-corrected chi connectivity index (χ3v) is 18.9. The molecule has 0 bridgehead atoms. The molecule has 17 atom stereocenters. The summed E-state index contributed by atoms with van der Waals surface area (Å²) in [4.78, 5) is 231. The number of benzene rings is 1. The molecule has 0 unspecified atom stereocenters. The van der Waals surface area contributed by atoms with Crippen LogP contribution in [-0.2, 0) is 87.9 Å². The zero-order valence-electron chi connectivity index (χ0n) is 68.6. The quantitative estimate of drug-likeness (QED) is 0.0270. The van der Waals surface area contributed by atoms with Gasteiger partial charge in [-0.15, -0.1) is 0 Å². The lowest BCUT2D eigenvalue weighted by molar-refractivity contribution is -0.143. The summed E-state index contributed by atoms with van der Waals surface area (Å²) in [7, 11) is 0. The first kappa shape index (κ1) is 105. The van der Waals surface area contributed by atoms with Gasteiger partial charge in [0.25, 0.3) is 0 Å². The number of rotatable bonds is 58. The van der Waals surface area contributed by atoms with Gasteiger partial charge >= 0.3 is 11.9 Å². The number of aliphatic carboxylic acids is 2. The number of hydrogen-bond acceptors (Lipinski definition) is 25. The summed E-state index contributed by atoms with van der Waals surface area (Å²) in [6, 6.07) is -17.7. The number of amides is 15. The molecular formula is C75H128N18O24. The minimum atomic E-state index is -1.91. The number of carboxylic acids is 2. The monoisotopic (exact) mass is 1660 g/mol. The second kappa shape index (κ2) is 54.6. The predicted octanol–water partition coefficient (Wildman–Crippen LogP) is -6.65. The van der Waals surface area contributed by atoms with E-state index < -0.39 is 261 Å². The van der Waals surface area contributed by atoms with Crippen LogP contribution in [0.5, 0.6) is 5.75 Å². The number of hydrogen-bond donors (Lipinski definition) is 25. The fourth-order valence-corrected chi connectivity index (χ4v) is 11.6. The van der Waals surface area contributed by atoms with Gasteiger partial charge in [0.05, 0.1) is 32.5 Å². The van der Waals surface area contributed by atoms with Crippen LogP contribution in [-0.4, -0.2) is 266 Å². The van der Waals surface area contributed by atoms with Gasteiger partial charge in [0.15, 0.2) is 0 Å². The molecule has 0 spiro atoms. The average Bonchev–Trinajstić information content (AvgIpc) is 0.854. The van der Waals surface area contributed by atoms with E-state index in [-0.39, 0.29) is 94.9 Å². The van der Waals surface area contributed by atoms with Crippen LogP contribution in [0.4, 0.5) is 0 Å². The number of primary amides is 1. The predicted molar refractivity (Wildman–Crippen MR) is 422 cm³/mol. The molecule has 1 rings (SSSR count). The Hall–Kier alpha value is -10.3. The number of carboxylic acid groups (broad SMARTS) is 2. The molecule has 0 saturated carbocycles. The van der Waals surface area contributed by atoms with Gasteiger partial charge in [0.1, 0.15) is 90.3 Å². The first-order chi connectivity index (χ1) is 55.0. The summed E-state index contributed by atoms with van der Waals surface area (Å²) in [6.07, 6.45) is -1.54. The molecule has 0 aromatic heterocycles. The van der Waals surface area contributed by atoms with Crippen molar-refractivity contribution in [1.82, 2.24) is 74.4 Å². The van der Waals surface area contributed by atoms with Crippen molar-refractivity contribution in [3.63, 3.8) is 0 Å². The van der Waals surface area contributed by atoms with Gasteiger partial charge in [-0.2, -0.15) is 0 Å². The number of phenols is 1.